The van der Waals surface area contributed by atoms with Crippen LogP contribution >= 0.6 is 69.2 Å². The number of carbonyl (C=O) groups is 1. The van der Waals surface area contributed by atoms with E-state index in [1.165, 1.54) is 11.8 Å². The van der Waals surface area contributed by atoms with Gasteiger partial charge in [-0.15, -0.1) is 0 Å². The highest BCUT2D eigenvalue weighted by Crippen LogP contribution is 2.39. The van der Waals surface area contributed by atoms with Crippen molar-refractivity contribution in [1.82, 2.24) is 0 Å². The smallest absolute Gasteiger partial charge is 0.270 e. The van der Waals surface area contributed by atoms with Crippen LogP contribution in [0.1, 0.15) is 5.56 Å². The lowest BCUT2D eigenvalue weighted by molar-refractivity contribution is -0.113. The van der Waals surface area contributed by atoms with Crippen molar-refractivity contribution in [3.8, 4) is 5.75 Å². The second-order valence-corrected chi connectivity index (χ2v) is 9.85. The molecule has 4 rings (SSSR count). The van der Waals surface area contributed by atoms with Gasteiger partial charge in [-0.2, -0.15) is 0 Å². The van der Waals surface area contributed by atoms with E-state index in [2.05, 4.69) is 45.2 Å². The molecule has 0 saturated carbocycles. The zero-order chi connectivity index (χ0) is 19.1. The summed E-state index contributed by atoms with van der Waals surface area (Å²) in [6.45, 7) is 0. The minimum atomic E-state index is -0.126. The Morgan fingerprint density at radius 2 is 1.70 bits per heavy atom. The van der Waals surface area contributed by atoms with Crippen LogP contribution < -0.4 is 4.90 Å². The molecule has 0 aromatic heterocycles. The first-order valence-corrected chi connectivity index (χ1v) is 11.3. The van der Waals surface area contributed by atoms with E-state index < -0.39 is 0 Å². The zero-order valence-corrected chi connectivity index (χ0v) is 19.6. The predicted molar refractivity (Wildman–Crippen MR) is 133 cm³/mol. The lowest BCUT2D eigenvalue weighted by Gasteiger charge is -2.17. The summed E-state index contributed by atoms with van der Waals surface area (Å²) in [6.07, 6.45) is 1.83. The number of thiocarbonyl (C=S) groups is 1. The molecule has 0 atom stereocenters. The molecule has 27 heavy (non-hydrogen) atoms. The first-order chi connectivity index (χ1) is 13.0. The fourth-order valence-electron chi connectivity index (χ4n) is 2.90. The average Bonchev–Trinajstić information content (AvgIpc) is 2.92. The highest BCUT2D eigenvalue weighted by Gasteiger charge is 2.34. The Morgan fingerprint density at radius 1 is 1.04 bits per heavy atom. The maximum atomic E-state index is 13.1. The molecule has 7 heteroatoms. The van der Waals surface area contributed by atoms with Crippen molar-refractivity contribution in [2.45, 2.75) is 0 Å². The highest BCUT2D eigenvalue weighted by atomic mass is 127. The molecule has 0 unspecified atom stereocenters. The van der Waals surface area contributed by atoms with Gasteiger partial charge in [-0.25, -0.2) is 0 Å². The van der Waals surface area contributed by atoms with Crippen molar-refractivity contribution in [2.24, 2.45) is 0 Å². The van der Waals surface area contributed by atoms with E-state index >= 15 is 0 Å². The SMILES string of the molecule is O=C1/C(=C/c2cc(I)c(O)c(I)c2)SC(=S)N1c1cccc2ccccc12. The molecule has 3 nitrogen and oxygen atoms in total. The maximum Gasteiger partial charge on any atom is 0.270 e. The second-order valence-electron chi connectivity index (χ2n) is 5.85. The van der Waals surface area contributed by atoms with Gasteiger partial charge >= 0.3 is 0 Å². The number of hydrogen-bond donors (Lipinski definition) is 1. The summed E-state index contributed by atoms with van der Waals surface area (Å²) in [7, 11) is 0. The third-order valence-corrected chi connectivity index (χ3v) is 7.09. The van der Waals surface area contributed by atoms with E-state index in [1.54, 1.807) is 4.90 Å². The van der Waals surface area contributed by atoms with Crippen LogP contribution in [0, 0.1) is 7.14 Å². The molecule has 0 radical (unpaired) electrons. The van der Waals surface area contributed by atoms with Gasteiger partial charge in [0.05, 0.1) is 17.7 Å². The van der Waals surface area contributed by atoms with Crippen molar-refractivity contribution in [3.05, 3.63) is 72.2 Å². The minimum Gasteiger partial charge on any atom is -0.506 e. The molecule has 0 bridgehead atoms. The monoisotopic (exact) mass is 615 g/mol. The van der Waals surface area contributed by atoms with Gasteiger partial charge in [0, 0.05) is 5.39 Å². The van der Waals surface area contributed by atoms with Gasteiger partial charge in [-0.3, -0.25) is 9.69 Å². The Labute approximate surface area is 193 Å². The van der Waals surface area contributed by atoms with Gasteiger partial charge < -0.3 is 5.11 Å². The lowest BCUT2D eigenvalue weighted by atomic mass is 10.1. The van der Waals surface area contributed by atoms with Gasteiger partial charge in [0.1, 0.15) is 5.75 Å². The van der Waals surface area contributed by atoms with Gasteiger partial charge in [0.15, 0.2) is 4.32 Å². The first kappa shape index (κ1) is 19.2. The number of anilines is 1. The Kier molecular flexibility index (Phi) is 5.45. The van der Waals surface area contributed by atoms with E-state index in [1.807, 2.05) is 60.7 Å². The molecule has 3 aromatic rings. The van der Waals surface area contributed by atoms with Crippen LogP contribution in [0.25, 0.3) is 16.8 Å². The number of hydrogen-bond acceptors (Lipinski definition) is 4. The number of rotatable bonds is 2. The quantitative estimate of drug-likeness (QED) is 0.213. The first-order valence-electron chi connectivity index (χ1n) is 7.89. The van der Waals surface area contributed by atoms with Crippen LogP contribution in [0.5, 0.6) is 5.75 Å². The number of aromatic hydroxyl groups is 1. The molecule has 1 aliphatic heterocycles. The number of phenols is 1. The standard InChI is InChI=1S/C20H11I2NO2S2/c21-14-8-11(9-15(22)18(14)24)10-17-19(25)23(20(26)27-17)16-7-3-5-12-4-1-2-6-13(12)16/h1-10,24H/b17-10-. The minimum absolute atomic E-state index is 0.126. The number of phenolic OH excluding ortho intramolecular Hbond substituents is 1. The van der Waals surface area contributed by atoms with Crippen LogP contribution in [0.3, 0.4) is 0 Å². The molecular weight excluding hydrogens is 604 g/mol. The molecule has 3 aromatic carbocycles. The number of nitrogens with zero attached hydrogens (tertiary/aromatic N) is 1. The van der Waals surface area contributed by atoms with Gasteiger partial charge in [-0.1, -0.05) is 60.4 Å². The van der Waals surface area contributed by atoms with E-state index in [-0.39, 0.29) is 11.7 Å². The van der Waals surface area contributed by atoms with Crippen molar-refractivity contribution >= 4 is 102 Å². The number of carbonyl (C=O) groups excluding carboxylic acids is 1. The van der Waals surface area contributed by atoms with Gasteiger partial charge in [0.25, 0.3) is 5.91 Å². The van der Waals surface area contributed by atoms with Crippen molar-refractivity contribution < 1.29 is 9.90 Å². The molecule has 0 aliphatic carbocycles. The molecule has 1 aliphatic rings. The lowest BCUT2D eigenvalue weighted by Crippen LogP contribution is -2.27. The summed E-state index contributed by atoms with van der Waals surface area (Å²) in [6, 6.07) is 17.5. The summed E-state index contributed by atoms with van der Waals surface area (Å²) in [4.78, 5) is 15.3. The third kappa shape index (κ3) is 3.62. The number of fused-ring (bicyclic) bond motifs is 1. The van der Waals surface area contributed by atoms with Crippen LogP contribution in [-0.2, 0) is 4.79 Å². The fraction of sp³-hybridized carbons (Fsp3) is 0. The number of benzene rings is 3. The molecule has 1 N–H and O–H groups in total. The number of halogens is 2. The molecule has 1 amide bonds. The summed E-state index contributed by atoms with van der Waals surface area (Å²) in [5.41, 5.74) is 1.66. The molecule has 1 fully saturated rings. The van der Waals surface area contributed by atoms with Crippen molar-refractivity contribution in [2.75, 3.05) is 4.90 Å². The molecule has 1 heterocycles. The highest BCUT2D eigenvalue weighted by molar-refractivity contribution is 14.1. The second kappa shape index (κ2) is 7.69. The Bertz CT molecular complexity index is 1120. The summed E-state index contributed by atoms with van der Waals surface area (Å²) in [5, 5.41) is 12.0. The normalized spacial score (nSPS) is 15.9. The van der Waals surface area contributed by atoms with Crippen molar-refractivity contribution in [3.63, 3.8) is 0 Å². The Morgan fingerprint density at radius 3 is 2.44 bits per heavy atom. The maximum absolute atomic E-state index is 13.1. The molecule has 1 saturated heterocycles. The Balaban J connectivity index is 1.76. The fourth-order valence-corrected chi connectivity index (χ4v) is 6.00. The van der Waals surface area contributed by atoms with Gasteiger partial charge in [-0.05, 0) is 80.4 Å². The topological polar surface area (TPSA) is 40.5 Å². The predicted octanol–water partition coefficient (Wildman–Crippen LogP) is 6.16. The summed E-state index contributed by atoms with van der Waals surface area (Å²) >= 11 is 11.0. The van der Waals surface area contributed by atoms with Crippen LogP contribution in [0.15, 0.2) is 59.5 Å². The molecule has 0 spiro atoms. The molecule has 134 valence electrons. The van der Waals surface area contributed by atoms with E-state index in [9.17, 15) is 9.90 Å². The average molecular weight is 615 g/mol. The van der Waals surface area contributed by atoms with E-state index in [0.717, 1.165) is 29.2 Å². The zero-order valence-electron chi connectivity index (χ0n) is 13.6. The third-order valence-electron chi connectivity index (χ3n) is 4.14. The van der Waals surface area contributed by atoms with E-state index in [0.29, 0.717) is 9.23 Å². The molecular formula is C20H11I2NO2S2. The van der Waals surface area contributed by atoms with E-state index in [4.69, 9.17) is 12.2 Å². The summed E-state index contributed by atoms with van der Waals surface area (Å²) in [5.74, 6) is 0.135. The summed E-state index contributed by atoms with van der Waals surface area (Å²) < 4.78 is 2.01. The number of amides is 1. The van der Waals surface area contributed by atoms with Crippen LogP contribution in [-0.4, -0.2) is 15.3 Å². The van der Waals surface area contributed by atoms with Crippen LogP contribution in [0.2, 0.25) is 0 Å². The largest absolute Gasteiger partial charge is 0.506 e. The Hall–Kier alpha value is -1.17. The number of thioether (sulfide) groups is 1. The van der Waals surface area contributed by atoms with Crippen molar-refractivity contribution in [1.29, 1.82) is 0 Å². The van der Waals surface area contributed by atoms with Crippen LogP contribution in [0.4, 0.5) is 5.69 Å². The van der Waals surface area contributed by atoms with Gasteiger partial charge in [0.2, 0.25) is 0 Å².